The van der Waals surface area contributed by atoms with E-state index in [-0.39, 0.29) is 16.8 Å². The molecular formula is C14H18N2O3S. The molecule has 1 atom stereocenters. The van der Waals surface area contributed by atoms with E-state index in [1.807, 2.05) is 26.0 Å². The van der Waals surface area contributed by atoms with Crippen molar-refractivity contribution >= 4 is 17.2 Å². The van der Waals surface area contributed by atoms with Crippen LogP contribution in [0, 0.1) is 6.92 Å². The minimum Gasteiger partial charge on any atom is -0.469 e. The first-order chi connectivity index (χ1) is 9.56. The van der Waals surface area contributed by atoms with Crippen molar-refractivity contribution in [3.63, 3.8) is 0 Å². The zero-order valence-electron chi connectivity index (χ0n) is 11.6. The zero-order valence-corrected chi connectivity index (χ0v) is 12.4. The SMILES string of the molecule is Cc1csc(=O)n1CCC(=O)NC(C)Cc1ccco1. The molecule has 108 valence electrons. The number of furan rings is 1. The lowest BCUT2D eigenvalue weighted by atomic mass is 10.2. The molecule has 0 saturated carbocycles. The summed E-state index contributed by atoms with van der Waals surface area (Å²) in [4.78, 5) is 23.4. The number of hydrogen-bond donors (Lipinski definition) is 1. The molecule has 2 heterocycles. The van der Waals surface area contributed by atoms with E-state index in [1.54, 1.807) is 16.2 Å². The third kappa shape index (κ3) is 3.84. The van der Waals surface area contributed by atoms with Crippen LogP contribution in [0.3, 0.4) is 0 Å². The summed E-state index contributed by atoms with van der Waals surface area (Å²) in [5.74, 6) is 0.796. The Morgan fingerprint density at radius 3 is 2.95 bits per heavy atom. The van der Waals surface area contributed by atoms with Gasteiger partial charge in [0, 0.05) is 36.5 Å². The number of nitrogens with zero attached hydrogens (tertiary/aromatic N) is 1. The third-order valence-corrected chi connectivity index (χ3v) is 3.91. The molecule has 0 saturated heterocycles. The van der Waals surface area contributed by atoms with Crippen molar-refractivity contribution in [2.75, 3.05) is 0 Å². The van der Waals surface area contributed by atoms with Crippen molar-refractivity contribution in [2.45, 2.75) is 39.3 Å². The number of rotatable bonds is 6. The lowest BCUT2D eigenvalue weighted by Gasteiger charge is -2.12. The van der Waals surface area contributed by atoms with Gasteiger partial charge in [-0.2, -0.15) is 0 Å². The van der Waals surface area contributed by atoms with Crippen LogP contribution in [0.4, 0.5) is 0 Å². The van der Waals surface area contributed by atoms with E-state index in [0.29, 0.717) is 19.4 Å². The molecule has 5 nitrogen and oxygen atoms in total. The number of amides is 1. The van der Waals surface area contributed by atoms with Gasteiger partial charge in [-0.3, -0.25) is 9.59 Å². The number of aromatic nitrogens is 1. The quantitative estimate of drug-likeness (QED) is 0.885. The number of aryl methyl sites for hydroxylation is 1. The van der Waals surface area contributed by atoms with Gasteiger partial charge >= 0.3 is 4.87 Å². The van der Waals surface area contributed by atoms with E-state index < -0.39 is 0 Å². The van der Waals surface area contributed by atoms with Crippen LogP contribution in [0.15, 0.2) is 33.0 Å². The van der Waals surface area contributed by atoms with Crippen molar-refractivity contribution < 1.29 is 9.21 Å². The van der Waals surface area contributed by atoms with Gasteiger partial charge in [0.05, 0.1) is 6.26 Å². The molecule has 0 radical (unpaired) electrons. The summed E-state index contributed by atoms with van der Waals surface area (Å²) < 4.78 is 6.87. The minimum absolute atomic E-state index is 0.00828. The summed E-state index contributed by atoms with van der Waals surface area (Å²) in [6, 6.07) is 3.72. The fraction of sp³-hybridized carbons (Fsp3) is 0.429. The Balaban J connectivity index is 1.79. The molecule has 2 rings (SSSR count). The Bertz CT molecular complexity index is 613. The van der Waals surface area contributed by atoms with Crippen molar-refractivity contribution in [1.29, 1.82) is 0 Å². The smallest absolute Gasteiger partial charge is 0.307 e. The second-order valence-electron chi connectivity index (χ2n) is 4.80. The van der Waals surface area contributed by atoms with Crippen LogP contribution < -0.4 is 10.2 Å². The number of thiazole rings is 1. The predicted octanol–water partition coefficient (Wildman–Crippen LogP) is 1.95. The Hall–Kier alpha value is -1.82. The molecule has 0 bridgehead atoms. The van der Waals surface area contributed by atoms with Crippen LogP contribution in [-0.4, -0.2) is 16.5 Å². The van der Waals surface area contributed by atoms with Crippen molar-refractivity contribution in [2.24, 2.45) is 0 Å². The highest BCUT2D eigenvalue weighted by Gasteiger charge is 2.11. The summed E-state index contributed by atoms with van der Waals surface area (Å²) in [7, 11) is 0. The van der Waals surface area contributed by atoms with Crippen molar-refractivity contribution in [3.05, 3.63) is 44.9 Å². The molecule has 6 heteroatoms. The second kappa shape index (κ2) is 6.56. The summed E-state index contributed by atoms with van der Waals surface area (Å²) >= 11 is 1.16. The number of nitrogens with one attached hydrogen (secondary N) is 1. The zero-order chi connectivity index (χ0) is 14.5. The van der Waals surface area contributed by atoms with E-state index in [9.17, 15) is 9.59 Å². The van der Waals surface area contributed by atoms with E-state index >= 15 is 0 Å². The summed E-state index contributed by atoms with van der Waals surface area (Å²) in [5.41, 5.74) is 0.899. The average molecular weight is 294 g/mol. The summed E-state index contributed by atoms with van der Waals surface area (Å²) in [6.07, 6.45) is 2.59. The molecule has 2 aromatic heterocycles. The Labute approximate surface area is 121 Å². The van der Waals surface area contributed by atoms with Crippen LogP contribution in [0.2, 0.25) is 0 Å². The number of carbonyl (C=O) groups is 1. The molecule has 0 fully saturated rings. The standard InChI is InChI=1S/C14H18N2O3S/c1-10(8-12-4-3-7-19-12)15-13(17)5-6-16-11(2)9-20-14(16)18/h3-4,7,9-10H,5-6,8H2,1-2H3,(H,15,17). The van der Waals surface area contributed by atoms with Gasteiger partial charge in [-0.05, 0) is 26.0 Å². The maximum atomic E-state index is 11.8. The first-order valence-electron chi connectivity index (χ1n) is 6.53. The van der Waals surface area contributed by atoms with Gasteiger partial charge in [0.2, 0.25) is 5.91 Å². The second-order valence-corrected chi connectivity index (χ2v) is 5.62. The Morgan fingerprint density at radius 2 is 2.35 bits per heavy atom. The van der Waals surface area contributed by atoms with Crippen LogP contribution in [0.1, 0.15) is 24.8 Å². The molecule has 1 unspecified atom stereocenters. The summed E-state index contributed by atoms with van der Waals surface area (Å²) in [6.45, 7) is 4.23. The molecule has 20 heavy (non-hydrogen) atoms. The normalized spacial score (nSPS) is 12.3. The number of hydrogen-bond acceptors (Lipinski definition) is 4. The van der Waals surface area contributed by atoms with Gasteiger partial charge in [0.25, 0.3) is 0 Å². The largest absolute Gasteiger partial charge is 0.469 e. The molecule has 2 aromatic rings. The molecule has 1 N–H and O–H groups in total. The van der Waals surface area contributed by atoms with Crippen molar-refractivity contribution in [3.8, 4) is 0 Å². The maximum Gasteiger partial charge on any atom is 0.307 e. The van der Waals surface area contributed by atoms with Crippen LogP contribution in [-0.2, 0) is 17.8 Å². The van der Waals surface area contributed by atoms with Gasteiger partial charge < -0.3 is 14.3 Å². The van der Waals surface area contributed by atoms with Gasteiger partial charge in [-0.25, -0.2) is 0 Å². The molecule has 0 aromatic carbocycles. The van der Waals surface area contributed by atoms with Crippen LogP contribution in [0.25, 0.3) is 0 Å². The van der Waals surface area contributed by atoms with Crippen LogP contribution >= 0.6 is 11.3 Å². The number of carbonyl (C=O) groups excluding carboxylic acids is 1. The fourth-order valence-electron chi connectivity index (χ4n) is 2.02. The maximum absolute atomic E-state index is 11.8. The lowest BCUT2D eigenvalue weighted by molar-refractivity contribution is -0.121. The third-order valence-electron chi connectivity index (χ3n) is 3.03. The first-order valence-corrected chi connectivity index (χ1v) is 7.41. The minimum atomic E-state index is -0.0541. The van der Waals surface area contributed by atoms with E-state index in [1.165, 1.54) is 0 Å². The molecule has 0 spiro atoms. The van der Waals surface area contributed by atoms with E-state index in [0.717, 1.165) is 22.8 Å². The molecule has 1 amide bonds. The van der Waals surface area contributed by atoms with E-state index in [2.05, 4.69) is 5.32 Å². The molecular weight excluding hydrogens is 276 g/mol. The Kier molecular flexibility index (Phi) is 4.79. The van der Waals surface area contributed by atoms with Gasteiger partial charge in [-0.15, -0.1) is 0 Å². The predicted molar refractivity (Wildman–Crippen MR) is 77.9 cm³/mol. The lowest BCUT2D eigenvalue weighted by Crippen LogP contribution is -2.35. The highest BCUT2D eigenvalue weighted by molar-refractivity contribution is 7.07. The van der Waals surface area contributed by atoms with E-state index in [4.69, 9.17) is 4.42 Å². The fourth-order valence-corrected chi connectivity index (χ4v) is 2.78. The van der Waals surface area contributed by atoms with Gasteiger partial charge in [-0.1, -0.05) is 11.3 Å². The monoisotopic (exact) mass is 294 g/mol. The highest BCUT2D eigenvalue weighted by atomic mass is 32.1. The molecule has 0 aliphatic heterocycles. The first kappa shape index (κ1) is 14.6. The molecule has 0 aliphatic carbocycles. The average Bonchev–Trinajstić information content (AvgIpc) is 2.98. The topological polar surface area (TPSA) is 64.2 Å². The Morgan fingerprint density at radius 1 is 1.55 bits per heavy atom. The van der Waals surface area contributed by atoms with Gasteiger partial charge in [0.15, 0.2) is 0 Å². The van der Waals surface area contributed by atoms with Crippen molar-refractivity contribution in [1.82, 2.24) is 9.88 Å². The van der Waals surface area contributed by atoms with Crippen LogP contribution in [0.5, 0.6) is 0 Å². The molecule has 0 aliphatic rings. The highest BCUT2D eigenvalue weighted by Crippen LogP contribution is 2.04. The van der Waals surface area contributed by atoms with Gasteiger partial charge in [0.1, 0.15) is 5.76 Å². The summed E-state index contributed by atoms with van der Waals surface area (Å²) in [5, 5.41) is 4.71.